The van der Waals surface area contributed by atoms with Crippen LogP contribution in [0.5, 0.6) is 0 Å². The Balaban J connectivity index is 1.96. The zero-order chi connectivity index (χ0) is 18.8. The number of rotatable bonds is 5. The number of ether oxygens (including phenoxy) is 1. The number of hydrogen-bond acceptors (Lipinski definition) is 6. The number of nitrogens with one attached hydrogen (secondary N) is 2. The van der Waals surface area contributed by atoms with Crippen molar-refractivity contribution < 1.29 is 24.2 Å². The Morgan fingerprint density at radius 2 is 2.12 bits per heavy atom. The molecule has 0 unspecified atom stereocenters. The minimum absolute atomic E-state index is 0.0541. The molecule has 0 bridgehead atoms. The summed E-state index contributed by atoms with van der Waals surface area (Å²) in [5, 5.41) is 14.9. The second-order valence-corrected chi connectivity index (χ2v) is 6.05. The van der Waals surface area contributed by atoms with Crippen molar-refractivity contribution >= 4 is 29.3 Å². The maximum absolute atomic E-state index is 12.6. The topological polar surface area (TPSA) is 111 Å². The Morgan fingerprint density at radius 3 is 2.81 bits per heavy atom. The van der Waals surface area contributed by atoms with Crippen LogP contribution in [0.3, 0.4) is 0 Å². The molecule has 0 spiro atoms. The molecule has 26 heavy (non-hydrogen) atoms. The van der Waals surface area contributed by atoms with Crippen molar-refractivity contribution in [2.75, 3.05) is 44.5 Å². The van der Waals surface area contributed by atoms with E-state index in [1.54, 1.807) is 19.2 Å². The van der Waals surface area contributed by atoms with Crippen molar-refractivity contribution in [3.8, 4) is 0 Å². The maximum atomic E-state index is 12.6. The highest BCUT2D eigenvalue weighted by atomic mass is 16.5. The number of carbonyl (C=O) groups excluding carboxylic acids is 3. The Morgan fingerprint density at radius 1 is 1.35 bits per heavy atom. The fraction of sp³-hybridized carbons (Fsp3) is 0.353. The summed E-state index contributed by atoms with van der Waals surface area (Å²) in [5.41, 5.74) is 2.24. The van der Waals surface area contributed by atoms with Gasteiger partial charge in [-0.1, -0.05) is 12.1 Å². The number of fused-ring (bicyclic) bond motifs is 1. The number of urea groups is 1. The van der Waals surface area contributed by atoms with Gasteiger partial charge in [0.05, 0.1) is 37.2 Å². The van der Waals surface area contributed by atoms with Gasteiger partial charge in [-0.15, -0.1) is 0 Å². The number of hydrogen-bond donors (Lipinski definition) is 3. The van der Waals surface area contributed by atoms with Crippen molar-refractivity contribution in [1.29, 1.82) is 0 Å². The van der Waals surface area contributed by atoms with E-state index < -0.39 is 11.9 Å². The molecular weight excluding hydrogens is 340 g/mol. The molecule has 0 saturated heterocycles. The molecule has 0 aliphatic carbocycles. The summed E-state index contributed by atoms with van der Waals surface area (Å²) in [4.78, 5) is 39.5. The maximum Gasteiger partial charge on any atom is 0.337 e. The van der Waals surface area contributed by atoms with E-state index in [4.69, 9.17) is 9.84 Å². The highest BCUT2D eigenvalue weighted by Gasteiger charge is 2.35. The molecule has 0 radical (unpaired) electrons. The number of aliphatic hydroxyl groups excluding tert-OH is 1. The van der Waals surface area contributed by atoms with Gasteiger partial charge in [0.15, 0.2) is 0 Å². The third-order valence-corrected chi connectivity index (χ3v) is 4.35. The van der Waals surface area contributed by atoms with Gasteiger partial charge in [0.2, 0.25) is 0 Å². The Hall–Kier alpha value is -3.07. The third-order valence-electron chi connectivity index (χ3n) is 4.35. The standard InChI is InChI=1S/C17H20N4O5/c1-20-8-10-4-3-5-12(13(10)19-17(20)25)18-14-11(16(24)26-2)9-21(6-7-22)15(14)23/h3-5,18,22H,6-9H2,1-2H3,(H,19,25). The molecule has 1 aromatic rings. The number of carbonyl (C=O) groups is 3. The zero-order valence-corrected chi connectivity index (χ0v) is 14.5. The van der Waals surface area contributed by atoms with E-state index in [0.29, 0.717) is 17.9 Å². The number of anilines is 2. The number of methoxy groups -OCH3 is 1. The first kappa shape index (κ1) is 17.7. The van der Waals surface area contributed by atoms with Crippen LogP contribution in [0.15, 0.2) is 29.5 Å². The molecule has 3 amide bonds. The van der Waals surface area contributed by atoms with Crippen molar-refractivity contribution in [2.45, 2.75) is 6.54 Å². The molecule has 138 valence electrons. The Labute approximate surface area is 150 Å². The summed E-state index contributed by atoms with van der Waals surface area (Å²) in [6, 6.07) is 5.14. The highest BCUT2D eigenvalue weighted by Crippen LogP contribution is 2.33. The molecule has 1 aromatic carbocycles. The quantitative estimate of drug-likeness (QED) is 0.653. The molecule has 2 aliphatic rings. The number of aliphatic hydroxyl groups is 1. The average molecular weight is 360 g/mol. The van der Waals surface area contributed by atoms with Crippen molar-refractivity contribution in [2.24, 2.45) is 0 Å². The molecule has 9 heteroatoms. The normalized spacial score (nSPS) is 16.6. The number of nitrogens with zero attached hydrogens (tertiary/aromatic N) is 2. The predicted octanol–water partition coefficient (Wildman–Crippen LogP) is 0.337. The van der Waals surface area contributed by atoms with Gasteiger partial charge in [0, 0.05) is 20.1 Å². The SMILES string of the molecule is COC(=O)C1=C(Nc2cccc3c2NC(=O)N(C)C3)C(=O)N(CCO)C1. The van der Waals surface area contributed by atoms with Gasteiger partial charge in [0.25, 0.3) is 5.91 Å². The molecule has 0 saturated carbocycles. The van der Waals surface area contributed by atoms with Crippen LogP contribution < -0.4 is 10.6 Å². The van der Waals surface area contributed by atoms with E-state index in [0.717, 1.165) is 5.56 Å². The van der Waals surface area contributed by atoms with Crippen LogP contribution in [-0.4, -0.2) is 66.7 Å². The minimum Gasteiger partial charge on any atom is -0.466 e. The lowest BCUT2D eigenvalue weighted by Gasteiger charge is -2.28. The lowest BCUT2D eigenvalue weighted by molar-refractivity contribution is -0.136. The third kappa shape index (κ3) is 3.08. The molecule has 0 fully saturated rings. The van der Waals surface area contributed by atoms with Crippen molar-refractivity contribution in [1.82, 2.24) is 9.80 Å². The predicted molar refractivity (Wildman–Crippen MR) is 93.3 cm³/mol. The Bertz CT molecular complexity index is 804. The minimum atomic E-state index is -0.616. The van der Waals surface area contributed by atoms with Crippen LogP contribution in [0.25, 0.3) is 0 Å². The van der Waals surface area contributed by atoms with Crippen LogP contribution in [0.2, 0.25) is 0 Å². The summed E-state index contributed by atoms with van der Waals surface area (Å²) >= 11 is 0. The number of para-hydroxylation sites is 1. The van der Waals surface area contributed by atoms with Crippen LogP contribution in [0.1, 0.15) is 5.56 Å². The van der Waals surface area contributed by atoms with Crippen molar-refractivity contribution in [3.05, 3.63) is 35.0 Å². The van der Waals surface area contributed by atoms with E-state index in [1.165, 1.54) is 16.9 Å². The molecule has 2 heterocycles. The molecule has 0 aromatic heterocycles. The van der Waals surface area contributed by atoms with E-state index in [-0.39, 0.29) is 37.0 Å². The van der Waals surface area contributed by atoms with Gasteiger partial charge in [-0.25, -0.2) is 9.59 Å². The lowest BCUT2D eigenvalue weighted by Crippen LogP contribution is -2.36. The first-order chi connectivity index (χ1) is 12.5. The van der Waals surface area contributed by atoms with E-state index in [9.17, 15) is 14.4 Å². The lowest BCUT2D eigenvalue weighted by atomic mass is 10.1. The number of esters is 1. The summed E-state index contributed by atoms with van der Waals surface area (Å²) in [5.74, 6) is -1.02. The van der Waals surface area contributed by atoms with Crippen LogP contribution >= 0.6 is 0 Å². The largest absolute Gasteiger partial charge is 0.466 e. The first-order valence-electron chi connectivity index (χ1n) is 8.09. The van der Waals surface area contributed by atoms with Crippen molar-refractivity contribution in [3.63, 3.8) is 0 Å². The molecule has 9 nitrogen and oxygen atoms in total. The van der Waals surface area contributed by atoms with E-state index in [2.05, 4.69) is 10.6 Å². The van der Waals surface area contributed by atoms with E-state index >= 15 is 0 Å². The van der Waals surface area contributed by atoms with Gasteiger partial charge in [0.1, 0.15) is 5.70 Å². The summed E-state index contributed by atoms with van der Waals surface area (Å²) in [6.07, 6.45) is 0. The number of β-amino-alcohol motifs (C(OH)–C–C–N with tert-alkyl or cyclic N) is 1. The molecule has 2 aliphatic heterocycles. The summed E-state index contributed by atoms with van der Waals surface area (Å²) in [7, 11) is 2.93. The van der Waals surface area contributed by atoms with Gasteiger partial charge in [-0.05, 0) is 11.6 Å². The molecule has 3 rings (SSSR count). The van der Waals surface area contributed by atoms with Gasteiger partial charge < -0.3 is 30.3 Å². The van der Waals surface area contributed by atoms with E-state index in [1.807, 2.05) is 6.07 Å². The smallest absolute Gasteiger partial charge is 0.337 e. The first-order valence-corrected chi connectivity index (χ1v) is 8.09. The summed E-state index contributed by atoms with van der Waals surface area (Å²) < 4.78 is 4.77. The van der Waals surface area contributed by atoms with Gasteiger partial charge in [-0.3, -0.25) is 4.79 Å². The van der Waals surface area contributed by atoms with Crippen LogP contribution in [-0.2, 0) is 20.9 Å². The monoisotopic (exact) mass is 360 g/mol. The van der Waals surface area contributed by atoms with Crippen LogP contribution in [0, 0.1) is 0 Å². The average Bonchev–Trinajstić information content (AvgIpc) is 2.93. The van der Waals surface area contributed by atoms with Gasteiger partial charge in [-0.2, -0.15) is 0 Å². The fourth-order valence-corrected chi connectivity index (χ4v) is 3.00. The highest BCUT2D eigenvalue weighted by molar-refractivity contribution is 6.09. The molecule has 3 N–H and O–H groups in total. The van der Waals surface area contributed by atoms with Crippen LogP contribution in [0.4, 0.5) is 16.2 Å². The number of amides is 3. The van der Waals surface area contributed by atoms with Gasteiger partial charge >= 0.3 is 12.0 Å². The Kier molecular flexibility index (Phi) is 4.81. The summed E-state index contributed by atoms with van der Waals surface area (Å²) in [6.45, 7) is 0.387. The second kappa shape index (κ2) is 7.04. The fourth-order valence-electron chi connectivity index (χ4n) is 3.00. The number of benzene rings is 1. The molecular formula is C17H20N4O5. The molecule has 0 atom stereocenters. The zero-order valence-electron chi connectivity index (χ0n) is 14.5. The second-order valence-electron chi connectivity index (χ2n) is 6.05.